The Morgan fingerprint density at radius 3 is 2.53 bits per heavy atom. The Balaban J connectivity index is 2.37. The number of aromatic nitrogens is 2. The van der Waals surface area contributed by atoms with Crippen LogP contribution in [0, 0.1) is 11.6 Å². The fourth-order valence-electron chi connectivity index (χ4n) is 1.24. The second-order valence-corrected chi connectivity index (χ2v) is 5.44. The highest BCUT2D eigenvalue weighted by Gasteiger charge is 2.20. The molecule has 0 bridgehead atoms. The van der Waals surface area contributed by atoms with E-state index in [2.05, 4.69) is 9.97 Å². The minimum absolute atomic E-state index is 0.0693. The molecule has 0 radical (unpaired) electrons. The fourth-order valence-corrected chi connectivity index (χ4v) is 2.42. The Hall–Kier alpha value is -1.80. The number of sulfonamides is 1. The lowest BCUT2D eigenvalue weighted by Crippen LogP contribution is -2.15. The first-order valence-electron chi connectivity index (χ1n) is 4.84. The summed E-state index contributed by atoms with van der Waals surface area (Å²) in [6.45, 7) is 0. The van der Waals surface area contributed by atoms with Gasteiger partial charge < -0.3 is 0 Å². The summed E-state index contributed by atoms with van der Waals surface area (Å²) in [6.07, 6.45) is 2.17. The van der Waals surface area contributed by atoms with Crippen molar-refractivity contribution in [1.29, 1.82) is 0 Å². The molecule has 19 heavy (non-hydrogen) atoms. The van der Waals surface area contributed by atoms with Gasteiger partial charge in [-0.2, -0.15) is 0 Å². The maximum atomic E-state index is 13.4. The van der Waals surface area contributed by atoms with Crippen molar-refractivity contribution in [1.82, 2.24) is 9.97 Å². The van der Waals surface area contributed by atoms with E-state index in [1.807, 2.05) is 4.72 Å². The lowest BCUT2D eigenvalue weighted by Gasteiger charge is -2.07. The molecule has 0 spiro atoms. The number of hydrogen-bond donors (Lipinski definition) is 1. The van der Waals surface area contributed by atoms with Crippen LogP contribution in [0.25, 0.3) is 0 Å². The minimum atomic E-state index is -4.29. The Kier molecular flexibility index (Phi) is 3.63. The summed E-state index contributed by atoms with van der Waals surface area (Å²) >= 11 is 5.49. The van der Waals surface area contributed by atoms with Gasteiger partial charge in [-0.3, -0.25) is 4.72 Å². The Morgan fingerprint density at radius 2 is 1.89 bits per heavy atom. The molecule has 0 atom stereocenters. The summed E-state index contributed by atoms with van der Waals surface area (Å²) in [5.74, 6) is -2.10. The Morgan fingerprint density at radius 1 is 1.16 bits per heavy atom. The molecule has 2 rings (SSSR count). The molecule has 0 saturated heterocycles. The standard InChI is InChI=1S/C10H6ClF2N3O2S/c11-9-4-15-10(5-14-9)16-19(17,18)8-3-6(12)1-2-7(8)13/h1-5H,(H,15,16). The van der Waals surface area contributed by atoms with E-state index in [0.717, 1.165) is 24.5 Å². The van der Waals surface area contributed by atoms with Crippen LogP contribution >= 0.6 is 11.6 Å². The molecular weight excluding hydrogens is 300 g/mol. The topological polar surface area (TPSA) is 72.0 Å². The highest BCUT2D eigenvalue weighted by atomic mass is 35.5. The summed E-state index contributed by atoms with van der Waals surface area (Å²) in [4.78, 5) is 6.43. The van der Waals surface area contributed by atoms with E-state index in [4.69, 9.17) is 11.6 Å². The zero-order chi connectivity index (χ0) is 14.0. The van der Waals surface area contributed by atoms with E-state index >= 15 is 0 Å². The lowest BCUT2D eigenvalue weighted by atomic mass is 10.3. The third-order valence-electron chi connectivity index (χ3n) is 2.04. The van der Waals surface area contributed by atoms with Crippen LogP contribution < -0.4 is 4.72 Å². The second kappa shape index (κ2) is 5.06. The number of benzene rings is 1. The van der Waals surface area contributed by atoms with Crippen molar-refractivity contribution in [2.45, 2.75) is 4.90 Å². The van der Waals surface area contributed by atoms with Crippen molar-refractivity contribution in [3.63, 3.8) is 0 Å². The first-order valence-corrected chi connectivity index (χ1v) is 6.70. The van der Waals surface area contributed by atoms with Crippen molar-refractivity contribution < 1.29 is 17.2 Å². The van der Waals surface area contributed by atoms with Crippen LogP contribution in [-0.4, -0.2) is 18.4 Å². The third-order valence-corrected chi connectivity index (χ3v) is 3.61. The maximum absolute atomic E-state index is 13.4. The lowest BCUT2D eigenvalue weighted by molar-refractivity contribution is 0.555. The zero-order valence-corrected chi connectivity index (χ0v) is 10.7. The molecular formula is C10H6ClF2N3O2S. The average molecular weight is 306 g/mol. The number of rotatable bonds is 3. The van der Waals surface area contributed by atoms with E-state index in [1.165, 1.54) is 0 Å². The van der Waals surface area contributed by atoms with Crippen LogP contribution in [0.4, 0.5) is 14.6 Å². The van der Waals surface area contributed by atoms with Gasteiger partial charge in [0, 0.05) is 0 Å². The largest absolute Gasteiger partial charge is 0.266 e. The summed E-state index contributed by atoms with van der Waals surface area (Å²) in [5, 5.41) is 0.0693. The number of hydrogen-bond acceptors (Lipinski definition) is 4. The van der Waals surface area contributed by atoms with Gasteiger partial charge in [-0.05, 0) is 18.2 Å². The molecule has 0 saturated carbocycles. The molecule has 1 aromatic carbocycles. The molecule has 0 aliphatic carbocycles. The predicted molar refractivity (Wildman–Crippen MR) is 64.2 cm³/mol. The van der Waals surface area contributed by atoms with Gasteiger partial charge in [-0.15, -0.1) is 0 Å². The molecule has 1 heterocycles. The molecule has 0 amide bonds. The van der Waals surface area contributed by atoms with Crippen LogP contribution in [0.15, 0.2) is 35.5 Å². The van der Waals surface area contributed by atoms with Gasteiger partial charge in [0.2, 0.25) is 0 Å². The van der Waals surface area contributed by atoms with Gasteiger partial charge in [-0.25, -0.2) is 27.2 Å². The van der Waals surface area contributed by atoms with Crippen LogP contribution in [0.5, 0.6) is 0 Å². The Bertz CT molecular complexity index is 707. The SMILES string of the molecule is O=S(=O)(Nc1cnc(Cl)cn1)c1cc(F)ccc1F. The highest BCUT2D eigenvalue weighted by Crippen LogP contribution is 2.18. The van der Waals surface area contributed by atoms with Gasteiger partial charge in [0.15, 0.2) is 5.82 Å². The number of nitrogens with zero attached hydrogens (tertiary/aromatic N) is 2. The third kappa shape index (κ3) is 3.15. The monoisotopic (exact) mass is 305 g/mol. The van der Waals surface area contributed by atoms with Gasteiger partial charge in [0.25, 0.3) is 10.0 Å². The molecule has 0 aliphatic rings. The van der Waals surface area contributed by atoms with E-state index in [1.54, 1.807) is 0 Å². The first-order chi connectivity index (χ1) is 8.88. The number of anilines is 1. The molecule has 1 aromatic heterocycles. The normalized spacial score (nSPS) is 11.3. The van der Waals surface area contributed by atoms with Crippen LogP contribution in [0.2, 0.25) is 5.15 Å². The quantitative estimate of drug-likeness (QED) is 0.943. The van der Waals surface area contributed by atoms with Crippen molar-refractivity contribution in [2.24, 2.45) is 0 Å². The molecule has 1 N–H and O–H groups in total. The second-order valence-electron chi connectivity index (χ2n) is 3.40. The fraction of sp³-hybridized carbons (Fsp3) is 0. The predicted octanol–water partition coefficient (Wildman–Crippen LogP) is 2.21. The zero-order valence-electron chi connectivity index (χ0n) is 9.14. The van der Waals surface area contributed by atoms with E-state index in [-0.39, 0.29) is 11.0 Å². The van der Waals surface area contributed by atoms with E-state index in [0.29, 0.717) is 6.07 Å². The van der Waals surface area contributed by atoms with Crippen molar-refractivity contribution in [3.8, 4) is 0 Å². The van der Waals surface area contributed by atoms with Crippen LogP contribution in [0.3, 0.4) is 0 Å². The number of nitrogens with one attached hydrogen (secondary N) is 1. The van der Waals surface area contributed by atoms with Gasteiger partial charge >= 0.3 is 0 Å². The van der Waals surface area contributed by atoms with Crippen LogP contribution in [0.1, 0.15) is 0 Å². The average Bonchev–Trinajstić information content (AvgIpc) is 2.35. The van der Waals surface area contributed by atoms with E-state index < -0.39 is 26.6 Å². The van der Waals surface area contributed by atoms with Gasteiger partial charge in [0.05, 0.1) is 12.4 Å². The molecule has 5 nitrogen and oxygen atoms in total. The van der Waals surface area contributed by atoms with Crippen molar-refractivity contribution in [3.05, 3.63) is 47.4 Å². The summed E-state index contributed by atoms with van der Waals surface area (Å²) in [7, 11) is -4.29. The molecule has 0 fully saturated rings. The van der Waals surface area contributed by atoms with Crippen molar-refractivity contribution in [2.75, 3.05) is 4.72 Å². The molecule has 2 aromatic rings. The highest BCUT2D eigenvalue weighted by molar-refractivity contribution is 7.92. The number of halogens is 3. The molecule has 0 aliphatic heterocycles. The molecule has 100 valence electrons. The summed E-state index contributed by atoms with van der Waals surface area (Å²) in [5.41, 5.74) is 0. The Labute approximate surface area is 112 Å². The maximum Gasteiger partial charge on any atom is 0.266 e. The molecule has 0 unspecified atom stereocenters. The van der Waals surface area contributed by atoms with E-state index in [9.17, 15) is 17.2 Å². The smallest absolute Gasteiger partial charge is 0.262 e. The summed E-state index contributed by atoms with van der Waals surface area (Å²) in [6, 6.07) is 2.11. The van der Waals surface area contributed by atoms with Gasteiger partial charge in [0.1, 0.15) is 21.7 Å². The first kappa shape index (κ1) is 13.6. The summed E-state index contributed by atoms with van der Waals surface area (Å²) < 4.78 is 52.0. The minimum Gasteiger partial charge on any atom is -0.262 e. The van der Waals surface area contributed by atoms with Crippen molar-refractivity contribution >= 4 is 27.4 Å². The van der Waals surface area contributed by atoms with Crippen LogP contribution in [-0.2, 0) is 10.0 Å². The molecule has 9 heteroatoms. The van der Waals surface area contributed by atoms with Gasteiger partial charge in [-0.1, -0.05) is 11.6 Å².